The summed E-state index contributed by atoms with van der Waals surface area (Å²) in [5, 5.41) is 8.82. The van der Waals surface area contributed by atoms with Gasteiger partial charge in [0.25, 0.3) is 0 Å². The number of nitrogens with zero attached hydrogens (tertiary/aromatic N) is 1. The van der Waals surface area contributed by atoms with Gasteiger partial charge in [0.05, 0.1) is 9.92 Å². The van der Waals surface area contributed by atoms with Crippen molar-refractivity contribution < 1.29 is 22.7 Å². The summed E-state index contributed by atoms with van der Waals surface area (Å²) >= 11 is 5.58. The third-order valence-corrected chi connectivity index (χ3v) is 5.43. The average Bonchev–Trinajstić information content (AvgIpc) is 2.41. The van der Waals surface area contributed by atoms with Crippen LogP contribution in [0.15, 0.2) is 23.1 Å². The summed E-state index contributed by atoms with van der Waals surface area (Å²) < 4.78 is 38.9. The van der Waals surface area contributed by atoms with Crippen LogP contribution in [0.2, 0.25) is 5.02 Å². The summed E-state index contributed by atoms with van der Waals surface area (Å²) in [4.78, 5) is 11.0. The number of sulfonamides is 1. The molecule has 8 heteroatoms. The molecule has 1 aromatic carbocycles. The second-order valence-corrected chi connectivity index (χ2v) is 6.84. The summed E-state index contributed by atoms with van der Waals surface area (Å²) in [6.45, 7) is 0.133. The van der Waals surface area contributed by atoms with Crippen LogP contribution in [0.5, 0.6) is 0 Å². The quantitative estimate of drug-likeness (QED) is 0.925. The minimum atomic E-state index is -3.99. The van der Waals surface area contributed by atoms with Crippen molar-refractivity contribution in [3.8, 4) is 0 Å². The normalized spacial score (nSPS) is 20.8. The average molecular weight is 322 g/mol. The van der Waals surface area contributed by atoms with E-state index in [9.17, 15) is 17.6 Å². The molecule has 2 rings (SSSR count). The molecule has 0 amide bonds. The van der Waals surface area contributed by atoms with Crippen LogP contribution in [0.4, 0.5) is 4.39 Å². The van der Waals surface area contributed by atoms with Gasteiger partial charge < -0.3 is 5.11 Å². The smallest absolute Gasteiger partial charge is 0.322 e. The zero-order chi connectivity index (χ0) is 14.9. The summed E-state index contributed by atoms with van der Waals surface area (Å²) in [6, 6.07) is 1.95. The van der Waals surface area contributed by atoms with E-state index in [4.69, 9.17) is 16.7 Å². The summed E-state index contributed by atoms with van der Waals surface area (Å²) in [6.07, 6.45) is 1.52. The van der Waals surface area contributed by atoms with E-state index in [2.05, 4.69) is 0 Å². The zero-order valence-corrected chi connectivity index (χ0v) is 12.0. The van der Waals surface area contributed by atoms with Crippen molar-refractivity contribution in [2.24, 2.45) is 0 Å². The lowest BCUT2D eigenvalue weighted by Gasteiger charge is -2.31. The van der Waals surface area contributed by atoms with Gasteiger partial charge >= 0.3 is 5.97 Å². The lowest BCUT2D eigenvalue weighted by Crippen LogP contribution is -2.47. The number of halogens is 2. The Kier molecular flexibility index (Phi) is 4.31. The Hall–Kier alpha value is -1.18. The number of rotatable bonds is 3. The SMILES string of the molecule is O=C(O)[C@H]1CCCCN1S(=O)(=O)c1ccc(F)c(Cl)c1. The molecule has 0 bridgehead atoms. The molecule has 0 aromatic heterocycles. The molecule has 1 atom stereocenters. The fourth-order valence-electron chi connectivity index (χ4n) is 2.21. The molecular weight excluding hydrogens is 309 g/mol. The topological polar surface area (TPSA) is 74.7 Å². The van der Waals surface area contributed by atoms with E-state index in [1.54, 1.807) is 0 Å². The Morgan fingerprint density at radius 3 is 2.70 bits per heavy atom. The second-order valence-electron chi connectivity index (χ2n) is 4.54. The van der Waals surface area contributed by atoms with Crippen LogP contribution in [0.3, 0.4) is 0 Å². The van der Waals surface area contributed by atoms with Crippen molar-refractivity contribution >= 4 is 27.6 Å². The number of carbonyl (C=O) groups is 1. The first-order valence-electron chi connectivity index (χ1n) is 6.04. The Labute approximate surface area is 121 Å². The molecule has 1 saturated heterocycles. The van der Waals surface area contributed by atoms with Crippen molar-refractivity contribution in [2.75, 3.05) is 6.54 Å². The Balaban J connectivity index is 2.42. The standard InChI is InChI=1S/C12H13ClFNO4S/c13-9-7-8(4-5-10(9)14)20(18,19)15-6-2-1-3-11(15)12(16)17/h4-5,7,11H,1-3,6H2,(H,16,17)/t11-/m1/s1. The van der Waals surface area contributed by atoms with Gasteiger partial charge in [-0.05, 0) is 37.5 Å². The lowest BCUT2D eigenvalue weighted by atomic mass is 10.1. The molecule has 0 unspecified atom stereocenters. The van der Waals surface area contributed by atoms with Crippen molar-refractivity contribution in [3.05, 3.63) is 29.0 Å². The molecule has 110 valence electrons. The molecule has 0 radical (unpaired) electrons. The van der Waals surface area contributed by atoms with Gasteiger partial charge in [0, 0.05) is 6.54 Å². The van der Waals surface area contributed by atoms with E-state index in [-0.39, 0.29) is 22.9 Å². The van der Waals surface area contributed by atoms with Crippen molar-refractivity contribution in [1.29, 1.82) is 0 Å². The van der Waals surface area contributed by atoms with Crippen LogP contribution in [0.25, 0.3) is 0 Å². The van der Waals surface area contributed by atoms with Gasteiger partial charge in [-0.3, -0.25) is 4.79 Å². The molecule has 0 aliphatic carbocycles. The van der Waals surface area contributed by atoms with Gasteiger partial charge in [0.1, 0.15) is 11.9 Å². The first kappa shape index (κ1) is 15.2. The molecule has 0 spiro atoms. The van der Waals surface area contributed by atoms with Crippen LogP contribution in [-0.4, -0.2) is 36.4 Å². The van der Waals surface area contributed by atoms with Crippen LogP contribution in [-0.2, 0) is 14.8 Å². The summed E-state index contributed by atoms with van der Waals surface area (Å²) in [5.74, 6) is -1.90. The number of carboxylic acids is 1. The fourth-order valence-corrected chi connectivity index (χ4v) is 4.14. The number of carboxylic acid groups (broad SMARTS) is 1. The van der Waals surface area contributed by atoms with Crippen LogP contribution in [0.1, 0.15) is 19.3 Å². The molecule has 0 saturated carbocycles. The Morgan fingerprint density at radius 2 is 2.10 bits per heavy atom. The highest BCUT2D eigenvalue weighted by atomic mass is 35.5. The third-order valence-electron chi connectivity index (χ3n) is 3.24. The number of hydrogen-bond acceptors (Lipinski definition) is 3. The second kappa shape index (κ2) is 5.67. The highest BCUT2D eigenvalue weighted by Crippen LogP contribution is 2.27. The van der Waals surface area contributed by atoms with E-state index in [1.807, 2.05) is 0 Å². The van der Waals surface area contributed by atoms with E-state index in [1.165, 1.54) is 0 Å². The van der Waals surface area contributed by atoms with Gasteiger partial charge in [-0.2, -0.15) is 4.31 Å². The minimum Gasteiger partial charge on any atom is -0.480 e. The van der Waals surface area contributed by atoms with Crippen LogP contribution < -0.4 is 0 Å². The Morgan fingerprint density at radius 1 is 1.40 bits per heavy atom. The highest BCUT2D eigenvalue weighted by Gasteiger charge is 2.37. The molecule has 1 heterocycles. The predicted molar refractivity (Wildman–Crippen MR) is 70.6 cm³/mol. The molecule has 1 aromatic rings. The van der Waals surface area contributed by atoms with E-state index in [0.717, 1.165) is 22.5 Å². The number of benzene rings is 1. The molecule has 20 heavy (non-hydrogen) atoms. The number of piperidine rings is 1. The molecule has 1 N–H and O–H groups in total. The van der Waals surface area contributed by atoms with Crippen LogP contribution in [0, 0.1) is 5.82 Å². The van der Waals surface area contributed by atoms with Gasteiger partial charge in [0.2, 0.25) is 10.0 Å². The van der Waals surface area contributed by atoms with E-state index >= 15 is 0 Å². The fraction of sp³-hybridized carbons (Fsp3) is 0.417. The minimum absolute atomic E-state index is 0.133. The predicted octanol–water partition coefficient (Wildman–Crippen LogP) is 2.11. The highest BCUT2D eigenvalue weighted by molar-refractivity contribution is 7.89. The van der Waals surface area contributed by atoms with E-state index < -0.39 is 27.9 Å². The Bertz CT molecular complexity index is 634. The largest absolute Gasteiger partial charge is 0.480 e. The lowest BCUT2D eigenvalue weighted by molar-refractivity contribution is -0.142. The maximum atomic E-state index is 13.1. The zero-order valence-electron chi connectivity index (χ0n) is 10.4. The van der Waals surface area contributed by atoms with Gasteiger partial charge in [-0.1, -0.05) is 11.6 Å². The van der Waals surface area contributed by atoms with Gasteiger partial charge in [0.15, 0.2) is 0 Å². The summed E-state index contributed by atoms with van der Waals surface area (Å²) in [7, 11) is -3.99. The van der Waals surface area contributed by atoms with Crippen molar-refractivity contribution in [1.82, 2.24) is 4.31 Å². The van der Waals surface area contributed by atoms with Crippen LogP contribution >= 0.6 is 11.6 Å². The number of aliphatic carboxylic acids is 1. The molecule has 1 aliphatic rings. The first-order valence-corrected chi connectivity index (χ1v) is 7.85. The maximum Gasteiger partial charge on any atom is 0.322 e. The van der Waals surface area contributed by atoms with E-state index in [0.29, 0.717) is 12.8 Å². The molecule has 1 aliphatic heterocycles. The molecular formula is C12H13ClFNO4S. The maximum absolute atomic E-state index is 13.1. The first-order chi connectivity index (χ1) is 9.34. The number of hydrogen-bond donors (Lipinski definition) is 1. The molecule has 5 nitrogen and oxygen atoms in total. The van der Waals surface area contributed by atoms with Gasteiger partial charge in [-0.25, -0.2) is 12.8 Å². The van der Waals surface area contributed by atoms with Crippen molar-refractivity contribution in [2.45, 2.75) is 30.2 Å². The van der Waals surface area contributed by atoms with Crippen molar-refractivity contribution in [3.63, 3.8) is 0 Å². The van der Waals surface area contributed by atoms with Gasteiger partial charge in [-0.15, -0.1) is 0 Å². The summed E-state index contributed by atoms with van der Waals surface area (Å²) in [5.41, 5.74) is 0. The molecule has 1 fully saturated rings. The third kappa shape index (κ3) is 2.79. The monoisotopic (exact) mass is 321 g/mol.